The fourth-order valence-corrected chi connectivity index (χ4v) is 7.21. The zero-order chi connectivity index (χ0) is 29.4. The summed E-state index contributed by atoms with van der Waals surface area (Å²) in [6, 6.07) is 18.8. The highest BCUT2D eigenvalue weighted by atomic mass is 35.5. The second-order valence-corrected chi connectivity index (χ2v) is 13.4. The Morgan fingerprint density at radius 2 is 1.76 bits per heavy atom. The molecule has 2 atom stereocenters. The molecule has 220 valence electrons. The van der Waals surface area contributed by atoms with Crippen LogP contribution < -0.4 is 14.8 Å². The molecule has 2 heterocycles. The maximum Gasteiger partial charge on any atom is 0.258 e. The van der Waals surface area contributed by atoms with Crippen LogP contribution in [-0.2, 0) is 21.4 Å². The predicted octanol–water partition coefficient (Wildman–Crippen LogP) is 4.81. The number of methoxy groups -OCH3 is 1. The van der Waals surface area contributed by atoms with Gasteiger partial charge in [0.1, 0.15) is 11.9 Å². The van der Waals surface area contributed by atoms with Crippen molar-refractivity contribution in [3.63, 3.8) is 0 Å². The first-order valence-electron chi connectivity index (χ1n) is 14.0. The van der Waals surface area contributed by atoms with Crippen LogP contribution in [0.5, 0.6) is 11.5 Å². The number of halogens is 1. The molecule has 2 amide bonds. The normalized spacial score (nSPS) is 20.9. The van der Waals surface area contributed by atoms with Gasteiger partial charge >= 0.3 is 0 Å². The lowest BCUT2D eigenvalue weighted by Crippen LogP contribution is -2.53. The summed E-state index contributed by atoms with van der Waals surface area (Å²) in [6.07, 6.45) is 1.75. The van der Waals surface area contributed by atoms with Crippen molar-refractivity contribution in [1.29, 1.82) is 0 Å². The zero-order valence-electron chi connectivity index (χ0n) is 23.2. The average molecular weight is 610 g/mol. The number of carbonyl (C=O) groups excluding carboxylic acids is 2. The van der Waals surface area contributed by atoms with Crippen molar-refractivity contribution in [2.75, 3.05) is 32.1 Å². The smallest absolute Gasteiger partial charge is 0.258 e. The number of nitrogens with zero attached hydrogens (tertiary/aromatic N) is 2. The second-order valence-electron chi connectivity index (χ2n) is 11.0. The highest BCUT2D eigenvalue weighted by molar-refractivity contribution is 7.89. The van der Waals surface area contributed by atoms with Crippen LogP contribution in [0.3, 0.4) is 0 Å². The number of ether oxygens (including phenoxy) is 2. The second kappa shape index (κ2) is 11.6. The topological polar surface area (TPSA) is 105 Å². The number of benzene rings is 3. The molecule has 1 saturated carbocycles. The number of fused-ring (bicyclic) bond motifs is 2. The van der Waals surface area contributed by atoms with E-state index in [0.717, 1.165) is 18.4 Å². The largest absolute Gasteiger partial charge is 0.497 e. The fraction of sp³-hybridized carbons (Fsp3) is 0.355. The molecule has 0 unspecified atom stereocenters. The van der Waals surface area contributed by atoms with Gasteiger partial charge in [0, 0.05) is 43.0 Å². The van der Waals surface area contributed by atoms with E-state index < -0.39 is 10.0 Å². The molecule has 0 bridgehead atoms. The Kier molecular flexibility index (Phi) is 7.87. The molecule has 0 aromatic heterocycles. The molecule has 1 saturated heterocycles. The third-order valence-corrected chi connectivity index (χ3v) is 10.2. The van der Waals surface area contributed by atoms with Gasteiger partial charge in [-0.25, -0.2) is 8.42 Å². The van der Waals surface area contributed by atoms with Gasteiger partial charge in [0.05, 0.1) is 23.3 Å². The molecule has 0 spiro atoms. The maximum absolute atomic E-state index is 14.1. The Morgan fingerprint density at radius 1 is 1.02 bits per heavy atom. The molecule has 2 fully saturated rings. The molecule has 2 aliphatic heterocycles. The fourth-order valence-electron chi connectivity index (χ4n) is 5.57. The molecule has 11 heteroatoms. The molecule has 3 aliphatic rings. The number of sulfonamides is 1. The minimum absolute atomic E-state index is 0.0225. The summed E-state index contributed by atoms with van der Waals surface area (Å²) in [5.74, 6) is 0.369. The summed E-state index contributed by atoms with van der Waals surface area (Å²) >= 11 is 6.00. The third kappa shape index (κ3) is 5.84. The van der Waals surface area contributed by atoms with Crippen molar-refractivity contribution >= 4 is 39.1 Å². The SMILES string of the molecule is COc1ccc(CN2C[C@H]3CN(S(=O)(=O)c4ccc(Cl)cc4)CC[C@H]3Oc3c(NC(=O)C4CC4)cccc3C2=O)cc1. The molecule has 3 aromatic rings. The lowest BCUT2D eigenvalue weighted by Gasteiger charge is -2.42. The van der Waals surface area contributed by atoms with Crippen LogP contribution in [0.2, 0.25) is 5.02 Å². The van der Waals surface area contributed by atoms with Crippen LogP contribution in [0.15, 0.2) is 71.6 Å². The molecule has 6 rings (SSSR count). The third-order valence-electron chi connectivity index (χ3n) is 8.07. The van der Waals surface area contributed by atoms with E-state index >= 15 is 0 Å². The molecular formula is C31H32ClN3O6S. The van der Waals surface area contributed by atoms with Crippen LogP contribution in [0, 0.1) is 11.8 Å². The molecular weight excluding hydrogens is 578 g/mol. The summed E-state index contributed by atoms with van der Waals surface area (Å²) in [6.45, 7) is 1.03. The number of anilines is 1. The van der Waals surface area contributed by atoms with Gasteiger partial charge in [-0.2, -0.15) is 4.31 Å². The Balaban J connectivity index is 1.34. The van der Waals surface area contributed by atoms with Crippen molar-refractivity contribution in [3.05, 3.63) is 82.9 Å². The summed E-state index contributed by atoms with van der Waals surface area (Å²) in [7, 11) is -2.19. The Hall–Kier alpha value is -3.60. The van der Waals surface area contributed by atoms with Gasteiger partial charge < -0.3 is 19.7 Å². The van der Waals surface area contributed by atoms with E-state index in [1.807, 2.05) is 24.3 Å². The minimum Gasteiger partial charge on any atom is -0.497 e. The highest BCUT2D eigenvalue weighted by Crippen LogP contribution is 2.39. The maximum atomic E-state index is 14.1. The van der Waals surface area contributed by atoms with Gasteiger partial charge in [-0.05, 0) is 73.4 Å². The molecule has 9 nitrogen and oxygen atoms in total. The molecule has 42 heavy (non-hydrogen) atoms. The molecule has 1 N–H and O–H groups in total. The van der Waals surface area contributed by atoms with Crippen LogP contribution in [0.25, 0.3) is 0 Å². The standard InChI is InChI=1S/C31H32ClN3O6S/c1-40-24-11-5-20(6-12-24)17-34-18-22-19-35(42(38,39)25-13-9-23(32)10-14-25)16-15-28(22)41-29-26(31(34)37)3-2-4-27(29)33-30(36)21-7-8-21/h2-6,9-14,21-22,28H,7-8,15-19H2,1H3,(H,33,36)/t22-,28+/m0/s1. The van der Waals surface area contributed by atoms with Gasteiger partial charge in [-0.3, -0.25) is 9.59 Å². The Labute approximate surface area is 250 Å². The van der Waals surface area contributed by atoms with Crippen molar-refractivity contribution in [1.82, 2.24) is 9.21 Å². The van der Waals surface area contributed by atoms with E-state index in [1.54, 1.807) is 42.3 Å². The minimum atomic E-state index is -3.79. The first kappa shape index (κ1) is 28.5. The number of hydrogen-bond donors (Lipinski definition) is 1. The lowest BCUT2D eigenvalue weighted by molar-refractivity contribution is -0.117. The predicted molar refractivity (Wildman–Crippen MR) is 158 cm³/mol. The molecule has 3 aromatic carbocycles. The number of rotatable bonds is 7. The summed E-state index contributed by atoms with van der Waals surface area (Å²) in [5.41, 5.74) is 1.73. The van der Waals surface area contributed by atoms with Crippen molar-refractivity contribution in [2.45, 2.75) is 36.8 Å². The van der Waals surface area contributed by atoms with Gasteiger partial charge in [0.2, 0.25) is 15.9 Å². The zero-order valence-corrected chi connectivity index (χ0v) is 24.7. The van der Waals surface area contributed by atoms with Gasteiger partial charge in [0.15, 0.2) is 5.75 Å². The highest BCUT2D eigenvalue weighted by Gasteiger charge is 2.41. The monoisotopic (exact) mass is 609 g/mol. The van der Waals surface area contributed by atoms with Crippen molar-refractivity contribution < 1.29 is 27.5 Å². The van der Waals surface area contributed by atoms with Gasteiger partial charge in [-0.1, -0.05) is 29.8 Å². The summed E-state index contributed by atoms with van der Waals surface area (Å²) in [4.78, 5) is 28.7. The quantitative estimate of drug-likeness (QED) is 0.412. The van der Waals surface area contributed by atoms with Crippen LogP contribution in [-0.4, -0.2) is 62.3 Å². The van der Waals surface area contributed by atoms with Gasteiger partial charge in [-0.15, -0.1) is 0 Å². The van der Waals surface area contributed by atoms with E-state index in [-0.39, 0.29) is 47.7 Å². The van der Waals surface area contributed by atoms with E-state index in [1.165, 1.54) is 16.4 Å². The number of carbonyl (C=O) groups is 2. The number of para-hydroxylation sites is 1. The van der Waals surface area contributed by atoms with Crippen molar-refractivity contribution in [2.24, 2.45) is 11.8 Å². The first-order valence-corrected chi connectivity index (χ1v) is 15.8. The van der Waals surface area contributed by atoms with Gasteiger partial charge in [0.25, 0.3) is 5.91 Å². The number of piperidine rings is 1. The summed E-state index contributed by atoms with van der Waals surface area (Å²) < 4.78 is 40.4. The number of amides is 2. The van der Waals surface area contributed by atoms with Crippen LogP contribution in [0.1, 0.15) is 35.2 Å². The van der Waals surface area contributed by atoms with E-state index in [0.29, 0.717) is 47.3 Å². The first-order chi connectivity index (χ1) is 20.2. The number of hydrogen-bond acceptors (Lipinski definition) is 6. The van der Waals surface area contributed by atoms with E-state index in [2.05, 4.69) is 5.32 Å². The van der Waals surface area contributed by atoms with E-state index in [4.69, 9.17) is 21.1 Å². The Morgan fingerprint density at radius 3 is 2.45 bits per heavy atom. The van der Waals surface area contributed by atoms with E-state index in [9.17, 15) is 18.0 Å². The summed E-state index contributed by atoms with van der Waals surface area (Å²) in [5, 5.41) is 3.42. The van der Waals surface area contributed by atoms with Crippen molar-refractivity contribution in [3.8, 4) is 11.5 Å². The van der Waals surface area contributed by atoms with Crippen LogP contribution >= 0.6 is 11.6 Å². The lowest BCUT2D eigenvalue weighted by atomic mass is 9.93. The Bertz CT molecular complexity index is 1590. The van der Waals surface area contributed by atoms with Crippen LogP contribution in [0.4, 0.5) is 5.69 Å². The number of nitrogens with one attached hydrogen (secondary N) is 1. The molecule has 1 aliphatic carbocycles. The average Bonchev–Trinajstić information content (AvgIpc) is 3.84. The molecule has 0 radical (unpaired) electrons.